The summed E-state index contributed by atoms with van der Waals surface area (Å²) in [4.78, 5) is 8.12. The van der Waals surface area contributed by atoms with Crippen molar-refractivity contribution in [1.82, 2.24) is 15.3 Å². The Kier molecular flexibility index (Phi) is 5.65. The van der Waals surface area contributed by atoms with Crippen molar-refractivity contribution >= 4 is 5.82 Å². The van der Waals surface area contributed by atoms with Gasteiger partial charge in [0.25, 0.3) is 0 Å². The molecular weight excluding hydrogens is 192 g/mol. The molecule has 0 aliphatic heterocycles. The van der Waals surface area contributed by atoms with Gasteiger partial charge in [-0.1, -0.05) is 0 Å². The standard InChI is InChI=1S/C10H18N4O/c1-9-7-10(14-8-13-9)12-4-3-11-5-6-15-2/h7-8,11H,3-6H2,1-2H3,(H,12,13,14). The number of nitrogens with one attached hydrogen (secondary N) is 2. The molecule has 0 atom stereocenters. The van der Waals surface area contributed by atoms with Crippen LogP contribution in [0.3, 0.4) is 0 Å². The fraction of sp³-hybridized carbons (Fsp3) is 0.600. The van der Waals surface area contributed by atoms with Gasteiger partial charge >= 0.3 is 0 Å². The van der Waals surface area contributed by atoms with Crippen LogP contribution in [0.25, 0.3) is 0 Å². The van der Waals surface area contributed by atoms with Crippen molar-refractivity contribution in [3.8, 4) is 0 Å². The SMILES string of the molecule is COCCNCCNc1cc(C)ncn1. The van der Waals surface area contributed by atoms with E-state index in [1.54, 1.807) is 13.4 Å². The zero-order chi connectivity index (χ0) is 10.9. The summed E-state index contributed by atoms with van der Waals surface area (Å²) in [5, 5.41) is 6.45. The maximum Gasteiger partial charge on any atom is 0.129 e. The van der Waals surface area contributed by atoms with Crippen molar-refractivity contribution in [2.45, 2.75) is 6.92 Å². The third-order valence-electron chi connectivity index (χ3n) is 1.89. The Morgan fingerprint density at radius 1 is 1.27 bits per heavy atom. The van der Waals surface area contributed by atoms with Crippen molar-refractivity contribution in [2.24, 2.45) is 0 Å². The molecule has 5 nitrogen and oxygen atoms in total. The lowest BCUT2D eigenvalue weighted by Gasteiger charge is -2.06. The van der Waals surface area contributed by atoms with Gasteiger partial charge in [-0.2, -0.15) is 0 Å². The lowest BCUT2D eigenvalue weighted by Crippen LogP contribution is -2.25. The van der Waals surface area contributed by atoms with E-state index >= 15 is 0 Å². The molecule has 1 heterocycles. The highest BCUT2D eigenvalue weighted by molar-refractivity contribution is 5.34. The number of ether oxygens (including phenoxy) is 1. The Morgan fingerprint density at radius 2 is 2.13 bits per heavy atom. The average Bonchev–Trinajstić information content (AvgIpc) is 2.23. The maximum absolute atomic E-state index is 4.92. The van der Waals surface area contributed by atoms with Gasteiger partial charge in [0.15, 0.2) is 0 Å². The van der Waals surface area contributed by atoms with E-state index in [1.807, 2.05) is 13.0 Å². The topological polar surface area (TPSA) is 59.1 Å². The van der Waals surface area contributed by atoms with Gasteiger partial charge in [0.1, 0.15) is 12.1 Å². The summed E-state index contributed by atoms with van der Waals surface area (Å²) in [6.07, 6.45) is 1.57. The predicted octanol–water partition coefficient (Wildman–Crippen LogP) is 0.433. The van der Waals surface area contributed by atoms with Gasteiger partial charge in [0.05, 0.1) is 6.61 Å². The Morgan fingerprint density at radius 3 is 2.87 bits per heavy atom. The number of aromatic nitrogens is 2. The van der Waals surface area contributed by atoms with Crippen LogP contribution in [-0.2, 0) is 4.74 Å². The van der Waals surface area contributed by atoms with E-state index in [1.165, 1.54) is 0 Å². The quantitative estimate of drug-likeness (QED) is 0.639. The fourth-order valence-corrected chi connectivity index (χ4v) is 1.13. The number of hydrogen-bond acceptors (Lipinski definition) is 5. The molecule has 1 aromatic rings. The van der Waals surface area contributed by atoms with Crippen LogP contribution >= 0.6 is 0 Å². The first kappa shape index (κ1) is 11.9. The minimum atomic E-state index is 0.743. The van der Waals surface area contributed by atoms with Crippen molar-refractivity contribution in [3.05, 3.63) is 18.1 Å². The third kappa shape index (κ3) is 5.29. The van der Waals surface area contributed by atoms with E-state index in [0.29, 0.717) is 0 Å². The highest BCUT2D eigenvalue weighted by Gasteiger charge is 1.93. The summed E-state index contributed by atoms with van der Waals surface area (Å²) >= 11 is 0. The summed E-state index contributed by atoms with van der Waals surface area (Å²) in [6, 6.07) is 1.93. The second-order valence-corrected chi connectivity index (χ2v) is 3.21. The summed E-state index contributed by atoms with van der Waals surface area (Å²) in [6.45, 7) is 5.31. The summed E-state index contributed by atoms with van der Waals surface area (Å²) in [5.41, 5.74) is 0.972. The lowest BCUT2D eigenvalue weighted by molar-refractivity contribution is 0.200. The van der Waals surface area contributed by atoms with Crippen LogP contribution in [0.1, 0.15) is 5.69 Å². The fourth-order valence-electron chi connectivity index (χ4n) is 1.13. The first-order chi connectivity index (χ1) is 7.33. The van der Waals surface area contributed by atoms with Crippen molar-refractivity contribution < 1.29 is 4.74 Å². The number of methoxy groups -OCH3 is 1. The largest absolute Gasteiger partial charge is 0.383 e. The molecule has 0 aromatic carbocycles. The monoisotopic (exact) mass is 210 g/mol. The van der Waals surface area contributed by atoms with Gasteiger partial charge in [-0.05, 0) is 6.92 Å². The molecule has 0 aliphatic carbocycles. The molecule has 2 N–H and O–H groups in total. The van der Waals surface area contributed by atoms with E-state index in [-0.39, 0.29) is 0 Å². The molecule has 5 heteroatoms. The third-order valence-corrected chi connectivity index (χ3v) is 1.89. The first-order valence-corrected chi connectivity index (χ1v) is 5.05. The van der Waals surface area contributed by atoms with E-state index in [9.17, 15) is 0 Å². The molecule has 1 rings (SSSR count). The molecule has 1 aromatic heterocycles. The zero-order valence-corrected chi connectivity index (χ0v) is 9.29. The molecule has 0 aliphatic rings. The smallest absolute Gasteiger partial charge is 0.129 e. The Hall–Kier alpha value is -1.20. The van der Waals surface area contributed by atoms with Gasteiger partial charge < -0.3 is 15.4 Å². The number of aryl methyl sites for hydroxylation is 1. The normalized spacial score (nSPS) is 10.3. The molecule has 0 spiro atoms. The van der Waals surface area contributed by atoms with Gasteiger partial charge in [-0.25, -0.2) is 9.97 Å². The molecule has 0 unspecified atom stereocenters. The first-order valence-electron chi connectivity index (χ1n) is 5.05. The summed E-state index contributed by atoms with van der Waals surface area (Å²) in [5.74, 6) is 0.871. The molecule has 0 amide bonds. The van der Waals surface area contributed by atoms with Crippen LogP contribution in [-0.4, -0.2) is 43.3 Å². The zero-order valence-electron chi connectivity index (χ0n) is 9.29. The van der Waals surface area contributed by atoms with Crippen LogP contribution in [0.2, 0.25) is 0 Å². The van der Waals surface area contributed by atoms with E-state index in [4.69, 9.17) is 4.74 Å². The Bertz CT molecular complexity index is 280. The average molecular weight is 210 g/mol. The molecular formula is C10H18N4O. The van der Waals surface area contributed by atoms with E-state index in [0.717, 1.165) is 37.8 Å². The molecule has 15 heavy (non-hydrogen) atoms. The number of nitrogens with zero attached hydrogens (tertiary/aromatic N) is 2. The Labute approximate surface area is 90.3 Å². The number of anilines is 1. The maximum atomic E-state index is 4.92. The molecule has 0 saturated carbocycles. The summed E-state index contributed by atoms with van der Waals surface area (Å²) < 4.78 is 4.92. The highest BCUT2D eigenvalue weighted by atomic mass is 16.5. The molecule has 0 bridgehead atoms. The molecule has 0 saturated heterocycles. The van der Waals surface area contributed by atoms with Crippen molar-refractivity contribution in [2.75, 3.05) is 38.7 Å². The highest BCUT2D eigenvalue weighted by Crippen LogP contribution is 2.00. The molecule has 0 fully saturated rings. The number of hydrogen-bond donors (Lipinski definition) is 2. The summed E-state index contributed by atoms with van der Waals surface area (Å²) in [7, 11) is 1.70. The van der Waals surface area contributed by atoms with Crippen molar-refractivity contribution in [1.29, 1.82) is 0 Å². The molecule has 84 valence electrons. The Balaban J connectivity index is 2.10. The van der Waals surface area contributed by atoms with Crippen LogP contribution in [0.15, 0.2) is 12.4 Å². The van der Waals surface area contributed by atoms with Crippen LogP contribution in [0.5, 0.6) is 0 Å². The van der Waals surface area contributed by atoms with E-state index < -0.39 is 0 Å². The van der Waals surface area contributed by atoms with Crippen LogP contribution in [0.4, 0.5) is 5.82 Å². The minimum Gasteiger partial charge on any atom is -0.383 e. The van der Waals surface area contributed by atoms with Gasteiger partial charge in [0.2, 0.25) is 0 Å². The predicted molar refractivity (Wildman–Crippen MR) is 60.0 cm³/mol. The molecule has 0 radical (unpaired) electrons. The van der Waals surface area contributed by atoms with Gasteiger partial charge in [-0.3, -0.25) is 0 Å². The minimum absolute atomic E-state index is 0.743. The number of rotatable bonds is 7. The van der Waals surface area contributed by atoms with Crippen LogP contribution in [0, 0.1) is 6.92 Å². The van der Waals surface area contributed by atoms with Crippen LogP contribution < -0.4 is 10.6 Å². The second-order valence-electron chi connectivity index (χ2n) is 3.21. The lowest BCUT2D eigenvalue weighted by atomic mass is 10.4. The van der Waals surface area contributed by atoms with Gasteiger partial charge in [0, 0.05) is 38.5 Å². The second kappa shape index (κ2) is 7.14. The van der Waals surface area contributed by atoms with E-state index in [2.05, 4.69) is 20.6 Å². The van der Waals surface area contributed by atoms with Crippen molar-refractivity contribution in [3.63, 3.8) is 0 Å². The van der Waals surface area contributed by atoms with Gasteiger partial charge in [-0.15, -0.1) is 0 Å².